The first-order valence-electron chi connectivity index (χ1n) is 5.04. The molecule has 0 saturated heterocycles. The van der Waals surface area contributed by atoms with Crippen molar-refractivity contribution in [3.8, 4) is 0 Å². The molecule has 1 rings (SSSR count). The number of nitrogens with zero attached hydrogens (tertiary/aromatic N) is 1. The van der Waals surface area contributed by atoms with Crippen LogP contribution in [0.3, 0.4) is 0 Å². The van der Waals surface area contributed by atoms with Crippen molar-refractivity contribution in [2.45, 2.75) is 12.8 Å². The Hall–Kier alpha value is -1.35. The summed E-state index contributed by atoms with van der Waals surface area (Å²) in [6.45, 7) is 0.623. The Morgan fingerprint density at radius 3 is 2.75 bits per heavy atom. The quantitative estimate of drug-likeness (QED) is 0.450. The average Bonchev–Trinajstić information content (AvgIpc) is 2.31. The fourth-order valence-electron chi connectivity index (χ4n) is 1.14. The summed E-state index contributed by atoms with van der Waals surface area (Å²) in [5, 5.41) is 0.711. The molecule has 0 saturated carbocycles. The van der Waals surface area contributed by atoms with Gasteiger partial charge in [0.2, 0.25) is 0 Å². The first kappa shape index (κ1) is 12.7. The van der Waals surface area contributed by atoms with Gasteiger partial charge in [-0.25, -0.2) is 0 Å². The Balaban J connectivity index is 2.27. The molecule has 0 aliphatic heterocycles. The molecule has 0 heterocycles. The van der Waals surface area contributed by atoms with E-state index in [-0.39, 0.29) is 5.97 Å². The fraction of sp³-hybridized carbons (Fsp3) is 0.333. The molecule has 0 bridgehead atoms. The van der Waals surface area contributed by atoms with Crippen molar-refractivity contribution in [1.82, 2.24) is 0 Å². The molecule has 0 aliphatic rings. The zero-order valence-corrected chi connectivity index (χ0v) is 9.91. The van der Waals surface area contributed by atoms with Crippen LogP contribution in [0.4, 0.5) is 0 Å². The summed E-state index contributed by atoms with van der Waals surface area (Å²) in [5.74, 6) is -0.193. The van der Waals surface area contributed by atoms with Crippen molar-refractivity contribution in [2.75, 3.05) is 13.7 Å². The lowest BCUT2D eigenvalue weighted by Crippen LogP contribution is -2.00. The SMILES string of the molecule is COC(=O)CCCN=Cc1ccc(Cl)cc1. The molecular weight excluding hydrogens is 226 g/mol. The molecule has 0 unspecified atom stereocenters. The van der Waals surface area contributed by atoms with Gasteiger partial charge in [-0.3, -0.25) is 9.79 Å². The second-order valence-electron chi connectivity index (χ2n) is 3.27. The number of carbonyl (C=O) groups excluding carboxylic acids is 1. The Morgan fingerprint density at radius 2 is 2.12 bits per heavy atom. The predicted molar refractivity (Wildman–Crippen MR) is 65.2 cm³/mol. The Morgan fingerprint density at radius 1 is 1.44 bits per heavy atom. The lowest BCUT2D eigenvalue weighted by atomic mass is 10.2. The number of hydrogen-bond acceptors (Lipinski definition) is 3. The summed E-state index contributed by atoms with van der Waals surface area (Å²) in [6, 6.07) is 7.42. The normalized spacial score (nSPS) is 10.6. The minimum atomic E-state index is -0.193. The first-order chi connectivity index (χ1) is 7.72. The van der Waals surface area contributed by atoms with Crippen molar-refractivity contribution in [3.63, 3.8) is 0 Å². The largest absolute Gasteiger partial charge is 0.469 e. The molecule has 1 aromatic carbocycles. The third-order valence-corrected chi connectivity index (χ3v) is 2.26. The van der Waals surface area contributed by atoms with Gasteiger partial charge in [0.05, 0.1) is 7.11 Å². The summed E-state index contributed by atoms with van der Waals surface area (Å²) >= 11 is 5.75. The number of halogens is 1. The highest BCUT2D eigenvalue weighted by atomic mass is 35.5. The maximum Gasteiger partial charge on any atom is 0.305 e. The molecule has 0 radical (unpaired) electrons. The van der Waals surface area contributed by atoms with E-state index in [0.717, 1.165) is 5.56 Å². The molecule has 0 N–H and O–H groups in total. The van der Waals surface area contributed by atoms with E-state index in [1.54, 1.807) is 6.21 Å². The van der Waals surface area contributed by atoms with E-state index in [1.165, 1.54) is 7.11 Å². The van der Waals surface area contributed by atoms with Gasteiger partial charge in [-0.05, 0) is 24.1 Å². The third kappa shape index (κ3) is 4.94. The molecule has 1 aromatic rings. The summed E-state index contributed by atoms with van der Waals surface area (Å²) in [5.41, 5.74) is 1.00. The Kier molecular flexibility index (Phi) is 5.57. The van der Waals surface area contributed by atoms with Gasteiger partial charge in [0.15, 0.2) is 0 Å². The monoisotopic (exact) mass is 239 g/mol. The van der Waals surface area contributed by atoms with E-state index in [2.05, 4.69) is 9.73 Å². The second kappa shape index (κ2) is 7.01. The summed E-state index contributed by atoms with van der Waals surface area (Å²) in [6.07, 6.45) is 2.89. The van der Waals surface area contributed by atoms with Gasteiger partial charge < -0.3 is 4.74 Å². The van der Waals surface area contributed by atoms with Crippen molar-refractivity contribution < 1.29 is 9.53 Å². The molecule has 0 fully saturated rings. The molecule has 0 amide bonds. The minimum Gasteiger partial charge on any atom is -0.469 e. The Bertz CT molecular complexity index is 360. The third-order valence-electron chi connectivity index (χ3n) is 2.01. The number of esters is 1. The van der Waals surface area contributed by atoms with Gasteiger partial charge in [0.25, 0.3) is 0 Å². The summed E-state index contributed by atoms with van der Waals surface area (Å²) < 4.78 is 4.52. The van der Waals surface area contributed by atoms with Gasteiger partial charge in [0, 0.05) is 24.2 Å². The van der Waals surface area contributed by atoms with Crippen LogP contribution in [0.25, 0.3) is 0 Å². The number of ether oxygens (including phenoxy) is 1. The van der Waals surface area contributed by atoms with Crippen molar-refractivity contribution >= 4 is 23.8 Å². The van der Waals surface area contributed by atoms with Gasteiger partial charge >= 0.3 is 5.97 Å². The molecule has 16 heavy (non-hydrogen) atoms. The van der Waals surface area contributed by atoms with Crippen LogP contribution < -0.4 is 0 Å². The van der Waals surface area contributed by atoms with E-state index in [0.29, 0.717) is 24.4 Å². The van der Waals surface area contributed by atoms with Gasteiger partial charge in [0.1, 0.15) is 0 Å². The lowest BCUT2D eigenvalue weighted by molar-refractivity contribution is -0.140. The number of carbonyl (C=O) groups is 1. The van der Waals surface area contributed by atoms with E-state index >= 15 is 0 Å². The molecule has 3 nitrogen and oxygen atoms in total. The van der Waals surface area contributed by atoms with E-state index < -0.39 is 0 Å². The Labute approximate surface area is 100 Å². The van der Waals surface area contributed by atoms with Crippen LogP contribution in [0.15, 0.2) is 29.3 Å². The summed E-state index contributed by atoms with van der Waals surface area (Å²) in [7, 11) is 1.39. The number of rotatable bonds is 5. The number of aliphatic imine (C=N–C) groups is 1. The highest BCUT2D eigenvalue weighted by molar-refractivity contribution is 6.30. The molecule has 0 aromatic heterocycles. The van der Waals surface area contributed by atoms with Crippen molar-refractivity contribution in [2.24, 2.45) is 4.99 Å². The van der Waals surface area contributed by atoms with Crippen molar-refractivity contribution in [3.05, 3.63) is 34.9 Å². The van der Waals surface area contributed by atoms with Gasteiger partial charge in [-0.1, -0.05) is 23.7 Å². The van der Waals surface area contributed by atoms with Crippen molar-refractivity contribution in [1.29, 1.82) is 0 Å². The fourth-order valence-corrected chi connectivity index (χ4v) is 1.26. The van der Waals surface area contributed by atoms with E-state index in [1.807, 2.05) is 24.3 Å². The standard InChI is InChI=1S/C12H14ClNO2/c1-16-12(15)3-2-8-14-9-10-4-6-11(13)7-5-10/h4-7,9H,2-3,8H2,1H3. The minimum absolute atomic E-state index is 0.193. The van der Waals surface area contributed by atoms with Crippen LogP contribution in [-0.2, 0) is 9.53 Å². The van der Waals surface area contributed by atoms with E-state index in [4.69, 9.17) is 11.6 Å². The maximum absolute atomic E-state index is 10.8. The smallest absolute Gasteiger partial charge is 0.305 e. The van der Waals surface area contributed by atoms with Crippen LogP contribution >= 0.6 is 11.6 Å². The highest BCUT2D eigenvalue weighted by Gasteiger charge is 1.97. The molecule has 0 aliphatic carbocycles. The number of hydrogen-bond donors (Lipinski definition) is 0. The van der Waals surface area contributed by atoms with Crippen LogP contribution in [-0.4, -0.2) is 25.8 Å². The van der Waals surface area contributed by atoms with Gasteiger partial charge in [-0.2, -0.15) is 0 Å². The van der Waals surface area contributed by atoms with Crippen LogP contribution in [0, 0.1) is 0 Å². The molecule has 0 atom stereocenters. The molecule has 86 valence electrons. The zero-order valence-electron chi connectivity index (χ0n) is 9.15. The summed E-state index contributed by atoms with van der Waals surface area (Å²) in [4.78, 5) is 15.0. The van der Waals surface area contributed by atoms with Crippen LogP contribution in [0.2, 0.25) is 5.02 Å². The molecule has 0 spiro atoms. The highest BCUT2D eigenvalue weighted by Crippen LogP contribution is 2.07. The first-order valence-corrected chi connectivity index (χ1v) is 5.42. The zero-order chi connectivity index (χ0) is 11.8. The average molecular weight is 240 g/mol. The van der Waals surface area contributed by atoms with Crippen LogP contribution in [0.1, 0.15) is 18.4 Å². The molecular formula is C12H14ClNO2. The second-order valence-corrected chi connectivity index (χ2v) is 3.70. The predicted octanol–water partition coefficient (Wildman–Crippen LogP) is 2.71. The van der Waals surface area contributed by atoms with E-state index in [9.17, 15) is 4.79 Å². The van der Waals surface area contributed by atoms with Gasteiger partial charge in [-0.15, -0.1) is 0 Å². The number of methoxy groups -OCH3 is 1. The maximum atomic E-state index is 10.8. The number of benzene rings is 1. The van der Waals surface area contributed by atoms with Crippen LogP contribution in [0.5, 0.6) is 0 Å². The molecule has 4 heteroatoms. The topological polar surface area (TPSA) is 38.7 Å². The lowest BCUT2D eigenvalue weighted by Gasteiger charge is -1.96.